The molecule has 0 aliphatic heterocycles. The number of carbonyl (C=O) groups is 1. The largest absolute Gasteiger partial charge is 0.301 e. The van der Waals surface area contributed by atoms with Crippen molar-refractivity contribution in [3.63, 3.8) is 0 Å². The van der Waals surface area contributed by atoms with Gasteiger partial charge >= 0.3 is 0 Å². The molecular formula is C11H13N3O3S3. The zero-order valence-corrected chi connectivity index (χ0v) is 13.3. The Bertz CT molecular complexity index is 685. The second-order valence-corrected chi connectivity index (χ2v) is 8.11. The Kier molecular flexibility index (Phi) is 4.53. The molecule has 2 aromatic rings. The van der Waals surface area contributed by atoms with Crippen molar-refractivity contribution in [1.82, 2.24) is 9.71 Å². The van der Waals surface area contributed by atoms with E-state index >= 15 is 0 Å². The van der Waals surface area contributed by atoms with Crippen molar-refractivity contribution in [1.29, 1.82) is 0 Å². The number of rotatable bonds is 5. The molecule has 108 valence electrons. The second kappa shape index (κ2) is 6.00. The predicted molar refractivity (Wildman–Crippen MR) is 79.7 cm³/mol. The standard InChI is InChI=1S/C11H13N3O3S3/c1-7-8(2)19-11(13-7)14-9(15)6-12-20(16,17)10-4-3-5-18-10/h3-5,12H,6H2,1-2H3,(H,13,14,15). The molecule has 0 atom stereocenters. The molecule has 0 aromatic carbocycles. The van der Waals surface area contributed by atoms with Gasteiger partial charge in [0.1, 0.15) is 4.21 Å². The van der Waals surface area contributed by atoms with Crippen molar-refractivity contribution in [3.8, 4) is 0 Å². The predicted octanol–water partition coefficient (Wildman–Crippen LogP) is 1.74. The minimum absolute atomic E-state index is 0.186. The van der Waals surface area contributed by atoms with Crippen LogP contribution in [0.1, 0.15) is 10.6 Å². The molecule has 0 aliphatic rings. The lowest BCUT2D eigenvalue weighted by atomic mass is 10.4. The highest BCUT2D eigenvalue weighted by molar-refractivity contribution is 7.91. The number of sulfonamides is 1. The van der Waals surface area contributed by atoms with E-state index in [1.807, 2.05) is 13.8 Å². The highest BCUT2D eigenvalue weighted by atomic mass is 32.2. The van der Waals surface area contributed by atoms with Crippen molar-refractivity contribution >= 4 is 43.7 Å². The quantitative estimate of drug-likeness (QED) is 0.873. The molecule has 1 amide bonds. The molecule has 2 rings (SSSR count). The number of carbonyl (C=O) groups excluding carboxylic acids is 1. The van der Waals surface area contributed by atoms with E-state index in [2.05, 4.69) is 15.0 Å². The van der Waals surface area contributed by atoms with Crippen LogP contribution < -0.4 is 10.0 Å². The summed E-state index contributed by atoms with van der Waals surface area (Å²) < 4.78 is 26.1. The summed E-state index contributed by atoms with van der Waals surface area (Å²) in [6.07, 6.45) is 0. The van der Waals surface area contributed by atoms with Crippen LogP contribution >= 0.6 is 22.7 Å². The molecule has 2 heterocycles. The molecule has 0 aliphatic carbocycles. The number of nitrogens with zero attached hydrogens (tertiary/aromatic N) is 1. The third-order valence-corrected chi connectivity index (χ3v) is 6.24. The van der Waals surface area contributed by atoms with Crippen LogP contribution in [-0.4, -0.2) is 25.9 Å². The van der Waals surface area contributed by atoms with Crippen LogP contribution in [0.3, 0.4) is 0 Å². The van der Waals surface area contributed by atoms with Gasteiger partial charge in [-0.1, -0.05) is 6.07 Å². The maximum atomic E-state index is 11.8. The van der Waals surface area contributed by atoms with E-state index in [4.69, 9.17) is 0 Å². The number of aryl methyl sites for hydroxylation is 2. The van der Waals surface area contributed by atoms with Gasteiger partial charge in [0.05, 0.1) is 12.2 Å². The first kappa shape index (κ1) is 15.1. The molecule has 0 bridgehead atoms. The molecule has 2 aromatic heterocycles. The van der Waals surface area contributed by atoms with Gasteiger partial charge in [-0.2, -0.15) is 0 Å². The van der Waals surface area contributed by atoms with Gasteiger partial charge in [0, 0.05) is 4.88 Å². The van der Waals surface area contributed by atoms with Gasteiger partial charge in [0.15, 0.2) is 5.13 Å². The molecule has 0 unspecified atom stereocenters. The fraction of sp³-hybridized carbons (Fsp3) is 0.273. The normalized spacial score (nSPS) is 11.5. The number of thiophene rings is 1. The summed E-state index contributed by atoms with van der Waals surface area (Å²) in [7, 11) is -3.62. The summed E-state index contributed by atoms with van der Waals surface area (Å²) in [5.41, 5.74) is 0.851. The van der Waals surface area contributed by atoms with Crippen molar-refractivity contribution in [2.45, 2.75) is 18.1 Å². The highest BCUT2D eigenvalue weighted by Crippen LogP contribution is 2.21. The third-order valence-electron chi connectivity index (χ3n) is 2.46. The number of thiazole rings is 1. The average molecular weight is 331 g/mol. The van der Waals surface area contributed by atoms with Crippen LogP contribution in [0.15, 0.2) is 21.7 Å². The van der Waals surface area contributed by atoms with E-state index < -0.39 is 15.9 Å². The minimum atomic E-state index is -3.62. The lowest BCUT2D eigenvalue weighted by molar-refractivity contribution is -0.115. The second-order valence-electron chi connectivity index (χ2n) is 3.97. The fourth-order valence-electron chi connectivity index (χ4n) is 1.34. The Hall–Kier alpha value is -1.29. The van der Waals surface area contributed by atoms with Gasteiger partial charge in [0.2, 0.25) is 5.91 Å². The summed E-state index contributed by atoms with van der Waals surface area (Å²) >= 11 is 2.45. The van der Waals surface area contributed by atoms with Gasteiger partial charge in [-0.25, -0.2) is 18.1 Å². The third kappa shape index (κ3) is 3.63. The lowest BCUT2D eigenvalue weighted by Crippen LogP contribution is -2.32. The summed E-state index contributed by atoms with van der Waals surface area (Å²) in [4.78, 5) is 16.9. The van der Waals surface area contributed by atoms with Crippen molar-refractivity contribution < 1.29 is 13.2 Å². The van der Waals surface area contributed by atoms with Gasteiger partial charge in [-0.15, -0.1) is 22.7 Å². The van der Waals surface area contributed by atoms with Crippen molar-refractivity contribution in [2.24, 2.45) is 0 Å². The summed E-state index contributed by atoms with van der Waals surface area (Å²) in [6, 6.07) is 3.12. The van der Waals surface area contributed by atoms with Crippen LogP contribution in [-0.2, 0) is 14.8 Å². The van der Waals surface area contributed by atoms with Gasteiger partial charge in [0.25, 0.3) is 10.0 Å². The zero-order valence-electron chi connectivity index (χ0n) is 10.8. The molecule has 0 spiro atoms. The van der Waals surface area contributed by atoms with E-state index in [-0.39, 0.29) is 10.8 Å². The average Bonchev–Trinajstić information content (AvgIpc) is 2.99. The first-order chi connectivity index (χ1) is 9.38. The number of aromatic nitrogens is 1. The smallest absolute Gasteiger partial charge is 0.250 e. The number of anilines is 1. The monoisotopic (exact) mass is 331 g/mol. The first-order valence-corrected chi connectivity index (χ1v) is 8.83. The molecule has 2 N–H and O–H groups in total. The Morgan fingerprint density at radius 3 is 2.70 bits per heavy atom. The molecule has 0 saturated heterocycles. The fourth-order valence-corrected chi connectivity index (χ4v) is 4.19. The molecule has 0 fully saturated rings. The molecular weight excluding hydrogens is 318 g/mol. The van der Waals surface area contributed by atoms with Crippen molar-refractivity contribution in [3.05, 3.63) is 28.1 Å². The van der Waals surface area contributed by atoms with E-state index in [0.717, 1.165) is 21.9 Å². The zero-order chi connectivity index (χ0) is 14.8. The SMILES string of the molecule is Cc1nc(NC(=O)CNS(=O)(=O)c2cccs2)sc1C. The van der Waals surface area contributed by atoms with Crippen LogP contribution in [0.2, 0.25) is 0 Å². The summed E-state index contributed by atoms with van der Waals surface area (Å²) in [6.45, 7) is 3.43. The van der Waals surface area contributed by atoms with E-state index in [1.165, 1.54) is 17.4 Å². The molecule has 0 saturated carbocycles. The number of hydrogen-bond acceptors (Lipinski definition) is 6. The number of hydrogen-bond donors (Lipinski definition) is 2. The van der Waals surface area contributed by atoms with Gasteiger partial charge in [-0.3, -0.25) is 4.79 Å². The topological polar surface area (TPSA) is 88.2 Å². The van der Waals surface area contributed by atoms with Crippen LogP contribution in [0.5, 0.6) is 0 Å². The summed E-state index contributed by atoms with van der Waals surface area (Å²) in [5.74, 6) is -0.445. The lowest BCUT2D eigenvalue weighted by Gasteiger charge is -2.04. The Morgan fingerprint density at radius 1 is 1.40 bits per heavy atom. The molecule has 9 heteroatoms. The van der Waals surface area contributed by atoms with E-state index in [0.29, 0.717) is 5.13 Å². The number of nitrogens with one attached hydrogen (secondary N) is 2. The maximum absolute atomic E-state index is 11.8. The molecule has 0 radical (unpaired) electrons. The van der Waals surface area contributed by atoms with E-state index in [9.17, 15) is 13.2 Å². The van der Waals surface area contributed by atoms with Crippen LogP contribution in [0.4, 0.5) is 5.13 Å². The first-order valence-electron chi connectivity index (χ1n) is 5.65. The minimum Gasteiger partial charge on any atom is -0.301 e. The maximum Gasteiger partial charge on any atom is 0.250 e. The molecule has 6 nitrogen and oxygen atoms in total. The van der Waals surface area contributed by atoms with Crippen molar-refractivity contribution in [2.75, 3.05) is 11.9 Å². The Morgan fingerprint density at radius 2 is 2.15 bits per heavy atom. The van der Waals surface area contributed by atoms with Gasteiger partial charge < -0.3 is 5.32 Å². The Labute approximate surface area is 124 Å². The number of amides is 1. The summed E-state index contributed by atoms with van der Waals surface area (Å²) in [5, 5.41) is 4.70. The van der Waals surface area contributed by atoms with Crippen LogP contribution in [0, 0.1) is 13.8 Å². The Balaban J connectivity index is 1.93. The van der Waals surface area contributed by atoms with Gasteiger partial charge in [-0.05, 0) is 25.3 Å². The van der Waals surface area contributed by atoms with Crippen LogP contribution in [0.25, 0.3) is 0 Å². The molecule has 20 heavy (non-hydrogen) atoms. The van der Waals surface area contributed by atoms with E-state index in [1.54, 1.807) is 11.4 Å². The highest BCUT2D eigenvalue weighted by Gasteiger charge is 2.17.